The van der Waals surface area contributed by atoms with Gasteiger partial charge in [-0.05, 0) is 25.1 Å². The molecular formula is C11H10ClNO5. The van der Waals surface area contributed by atoms with E-state index in [4.69, 9.17) is 16.7 Å². The zero-order chi connectivity index (χ0) is 13.7. The van der Waals surface area contributed by atoms with Gasteiger partial charge in [-0.2, -0.15) is 0 Å². The zero-order valence-corrected chi connectivity index (χ0v) is 10.2. The molecule has 0 aromatic heterocycles. The van der Waals surface area contributed by atoms with E-state index in [-0.39, 0.29) is 22.9 Å². The number of amides is 1. The van der Waals surface area contributed by atoms with Crippen molar-refractivity contribution in [2.45, 2.75) is 6.92 Å². The number of carbonyl (C=O) groups is 3. The number of hydrogen-bond acceptors (Lipinski definition) is 4. The summed E-state index contributed by atoms with van der Waals surface area (Å²) in [6.07, 6.45) is 0. The quantitative estimate of drug-likeness (QED) is 0.642. The number of benzene rings is 1. The Bertz CT molecular complexity index is 500. The van der Waals surface area contributed by atoms with Gasteiger partial charge in [0.05, 0.1) is 17.9 Å². The van der Waals surface area contributed by atoms with Gasteiger partial charge in [-0.15, -0.1) is 0 Å². The van der Waals surface area contributed by atoms with Gasteiger partial charge >= 0.3 is 17.8 Å². The van der Waals surface area contributed by atoms with Crippen molar-refractivity contribution >= 4 is 35.1 Å². The lowest BCUT2D eigenvalue weighted by molar-refractivity contribution is -0.152. The summed E-state index contributed by atoms with van der Waals surface area (Å²) in [5.74, 6) is -3.39. The second-order valence-corrected chi connectivity index (χ2v) is 3.61. The first-order valence-electron chi connectivity index (χ1n) is 4.96. The van der Waals surface area contributed by atoms with Crippen LogP contribution in [-0.4, -0.2) is 29.6 Å². The van der Waals surface area contributed by atoms with E-state index in [1.54, 1.807) is 6.92 Å². The van der Waals surface area contributed by atoms with Crippen LogP contribution < -0.4 is 5.32 Å². The predicted molar refractivity (Wildman–Crippen MR) is 63.7 cm³/mol. The van der Waals surface area contributed by atoms with E-state index in [2.05, 4.69) is 10.1 Å². The molecule has 1 amide bonds. The second-order valence-electron chi connectivity index (χ2n) is 3.17. The summed E-state index contributed by atoms with van der Waals surface area (Å²) in [5, 5.41) is 11.3. The maximum absolute atomic E-state index is 11.4. The highest BCUT2D eigenvalue weighted by atomic mass is 35.5. The van der Waals surface area contributed by atoms with Gasteiger partial charge < -0.3 is 15.2 Å². The molecule has 0 spiro atoms. The summed E-state index contributed by atoms with van der Waals surface area (Å²) in [6, 6.07) is 3.83. The van der Waals surface area contributed by atoms with Gasteiger partial charge in [-0.1, -0.05) is 11.6 Å². The topological polar surface area (TPSA) is 92.7 Å². The Morgan fingerprint density at radius 2 is 2.06 bits per heavy atom. The molecule has 7 heteroatoms. The first kappa shape index (κ1) is 14.0. The normalized spacial score (nSPS) is 9.67. The van der Waals surface area contributed by atoms with Crippen LogP contribution >= 0.6 is 11.6 Å². The van der Waals surface area contributed by atoms with Gasteiger partial charge in [0.2, 0.25) is 0 Å². The Kier molecular flexibility index (Phi) is 4.67. The molecule has 0 aliphatic carbocycles. The third-order valence-corrected chi connectivity index (χ3v) is 2.16. The number of nitrogens with one attached hydrogen (secondary N) is 1. The summed E-state index contributed by atoms with van der Waals surface area (Å²) in [7, 11) is 0. The van der Waals surface area contributed by atoms with Gasteiger partial charge in [-0.3, -0.25) is 4.79 Å². The number of hydrogen-bond donors (Lipinski definition) is 2. The molecule has 96 valence electrons. The summed E-state index contributed by atoms with van der Waals surface area (Å²) < 4.78 is 4.48. The van der Waals surface area contributed by atoms with E-state index in [1.165, 1.54) is 18.2 Å². The van der Waals surface area contributed by atoms with Gasteiger partial charge in [0.15, 0.2) is 0 Å². The number of halogens is 1. The molecule has 0 fully saturated rings. The lowest BCUT2D eigenvalue weighted by Crippen LogP contribution is -2.25. The van der Waals surface area contributed by atoms with Crippen molar-refractivity contribution < 1.29 is 24.2 Å². The number of esters is 1. The van der Waals surface area contributed by atoms with Crippen LogP contribution in [0.1, 0.15) is 17.3 Å². The summed E-state index contributed by atoms with van der Waals surface area (Å²) in [6.45, 7) is 1.60. The van der Waals surface area contributed by atoms with Gasteiger partial charge in [0.25, 0.3) is 0 Å². The van der Waals surface area contributed by atoms with Gasteiger partial charge in [0, 0.05) is 5.02 Å². The molecule has 0 atom stereocenters. The number of rotatable bonds is 3. The van der Waals surface area contributed by atoms with Crippen LogP contribution in [0.25, 0.3) is 0 Å². The van der Waals surface area contributed by atoms with Crippen molar-refractivity contribution in [3.63, 3.8) is 0 Å². The number of aromatic carboxylic acids is 1. The highest BCUT2D eigenvalue weighted by molar-refractivity contribution is 6.38. The minimum Gasteiger partial charge on any atom is -0.478 e. The van der Waals surface area contributed by atoms with Crippen LogP contribution in [0, 0.1) is 0 Å². The molecule has 2 N–H and O–H groups in total. The third kappa shape index (κ3) is 3.46. The van der Waals surface area contributed by atoms with Crippen LogP contribution in [0.15, 0.2) is 18.2 Å². The molecule has 6 nitrogen and oxygen atoms in total. The number of carboxylic acids is 1. The second kappa shape index (κ2) is 6.02. The Balaban J connectivity index is 2.96. The van der Waals surface area contributed by atoms with Crippen LogP contribution in [0.4, 0.5) is 5.69 Å². The van der Waals surface area contributed by atoms with E-state index in [9.17, 15) is 14.4 Å². The Morgan fingerprint density at radius 1 is 1.39 bits per heavy atom. The number of anilines is 1. The molecule has 0 aliphatic heterocycles. The predicted octanol–water partition coefficient (Wildman–Crippen LogP) is 1.54. The van der Waals surface area contributed by atoms with Gasteiger partial charge in [-0.25, -0.2) is 9.59 Å². The van der Waals surface area contributed by atoms with Crippen molar-refractivity contribution in [2.24, 2.45) is 0 Å². The molecule has 0 heterocycles. The molecule has 0 saturated heterocycles. The molecule has 0 aliphatic rings. The smallest absolute Gasteiger partial charge is 0.397 e. The fourth-order valence-corrected chi connectivity index (χ4v) is 1.35. The molecule has 1 rings (SSSR count). The number of ether oxygens (including phenoxy) is 1. The third-order valence-electron chi connectivity index (χ3n) is 1.92. The van der Waals surface area contributed by atoms with Crippen molar-refractivity contribution in [1.29, 1.82) is 0 Å². The monoisotopic (exact) mass is 271 g/mol. The lowest BCUT2D eigenvalue weighted by Gasteiger charge is -2.08. The van der Waals surface area contributed by atoms with Crippen molar-refractivity contribution in [3.05, 3.63) is 28.8 Å². The van der Waals surface area contributed by atoms with E-state index >= 15 is 0 Å². The average molecular weight is 272 g/mol. The average Bonchev–Trinajstić information content (AvgIpc) is 2.28. The van der Waals surface area contributed by atoms with Crippen LogP contribution in [0.3, 0.4) is 0 Å². The minimum absolute atomic E-state index is 0.0492. The first-order valence-corrected chi connectivity index (χ1v) is 5.34. The molecule has 0 bridgehead atoms. The maximum Gasteiger partial charge on any atom is 0.397 e. The fourth-order valence-electron chi connectivity index (χ4n) is 1.18. The van der Waals surface area contributed by atoms with E-state index in [0.717, 1.165) is 0 Å². The Morgan fingerprint density at radius 3 is 2.61 bits per heavy atom. The van der Waals surface area contributed by atoms with Crippen LogP contribution in [-0.2, 0) is 14.3 Å². The molecule has 0 saturated carbocycles. The summed E-state index contributed by atoms with van der Waals surface area (Å²) in [4.78, 5) is 33.4. The van der Waals surface area contributed by atoms with Crippen molar-refractivity contribution in [1.82, 2.24) is 0 Å². The van der Waals surface area contributed by atoms with Crippen LogP contribution in [0.2, 0.25) is 5.02 Å². The standard InChI is InChI=1S/C11H10ClNO5/c1-2-18-11(17)9(14)13-8-5-6(12)3-4-7(8)10(15)16/h3-5H,2H2,1H3,(H,13,14)(H,15,16). The van der Waals surface area contributed by atoms with Crippen LogP contribution in [0.5, 0.6) is 0 Å². The Hall–Kier alpha value is -2.08. The molecular weight excluding hydrogens is 262 g/mol. The van der Waals surface area contributed by atoms with Gasteiger partial charge in [0.1, 0.15) is 0 Å². The molecule has 0 radical (unpaired) electrons. The molecule has 0 unspecified atom stereocenters. The molecule has 18 heavy (non-hydrogen) atoms. The lowest BCUT2D eigenvalue weighted by atomic mass is 10.2. The summed E-state index contributed by atoms with van der Waals surface area (Å²) >= 11 is 5.69. The zero-order valence-electron chi connectivity index (χ0n) is 9.40. The number of carboxylic acid groups (broad SMARTS) is 1. The first-order chi connectivity index (χ1) is 8.45. The van der Waals surface area contributed by atoms with E-state index < -0.39 is 17.8 Å². The fraction of sp³-hybridized carbons (Fsp3) is 0.182. The Labute approximate surface area is 108 Å². The SMILES string of the molecule is CCOC(=O)C(=O)Nc1cc(Cl)ccc1C(=O)O. The van der Waals surface area contributed by atoms with Crippen molar-refractivity contribution in [3.8, 4) is 0 Å². The van der Waals surface area contributed by atoms with E-state index in [1.807, 2.05) is 0 Å². The number of carbonyl (C=O) groups excluding carboxylic acids is 2. The molecule has 1 aromatic carbocycles. The van der Waals surface area contributed by atoms with E-state index in [0.29, 0.717) is 0 Å². The highest BCUT2D eigenvalue weighted by Crippen LogP contribution is 2.21. The van der Waals surface area contributed by atoms with Crippen molar-refractivity contribution in [2.75, 3.05) is 11.9 Å². The largest absolute Gasteiger partial charge is 0.478 e. The summed E-state index contributed by atoms with van der Waals surface area (Å²) in [5.41, 5.74) is -0.231. The molecule has 1 aromatic rings. The minimum atomic E-state index is -1.24. The highest BCUT2D eigenvalue weighted by Gasteiger charge is 2.18. The maximum atomic E-state index is 11.4.